The van der Waals surface area contributed by atoms with Crippen LogP contribution in [0.1, 0.15) is 32.1 Å². The van der Waals surface area contributed by atoms with Crippen LogP contribution in [0.3, 0.4) is 0 Å². The quantitative estimate of drug-likeness (QED) is 0.639. The number of hydrogen-bond donors (Lipinski definition) is 0. The van der Waals surface area contributed by atoms with Gasteiger partial charge in [-0.1, -0.05) is 0 Å². The molecule has 2 aliphatic carbocycles. The number of rotatable bonds is 1. The van der Waals surface area contributed by atoms with Gasteiger partial charge >= 0.3 is 86.8 Å². The Bertz CT molecular complexity index is 222. The molecule has 0 spiro atoms. The van der Waals surface area contributed by atoms with Crippen LogP contribution in [0.25, 0.3) is 0 Å². The summed E-state index contributed by atoms with van der Waals surface area (Å²) in [7, 11) is 0. The molecule has 0 bridgehead atoms. The first-order valence-electron chi connectivity index (χ1n) is 5.78. The molecule has 0 amide bonds. The average molecular weight is 285 g/mol. The van der Waals surface area contributed by atoms with Gasteiger partial charge in [0.1, 0.15) is 0 Å². The third kappa shape index (κ3) is 2.14. The molecule has 0 aromatic heterocycles. The standard InChI is InChI=1S/C9H13.3CH3.Sn/c1-2-5-9-7-3-6-8(9)4-1;;;;/h6,8-9H,1-2,4-5,7H2;3*1H3;/t8-,9-;;;;/m1..../s1. The first-order valence-corrected chi connectivity index (χ1v) is 15.8. The molecule has 2 aliphatic rings. The minimum absolute atomic E-state index is 1.000. The first kappa shape index (κ1) is 10.1. The summed E-state index contributed by atoms with van der Waals surface area (Å²) in [4.78, 5) is 7.70. The van der Waals surface area contributed by atoms with Crippen LogP contribution in [0.5, 0.6) is 0 Å². The second-order valence-corrected chi connectivity index (χ2v) is 20.5. The zero-order valence-corrected chi connectivity index (χ0v) is 12.1. The Hall–Kier alpha value is 0.539. The molecule has 2 rings (SSSR count). The second kappa shape index (κ2) is 3.60. The van der Waals surface area contributed by atoms with Crippen LogP contribution < -0.4 is 0 Å². The van der Waals surface area contributed by atoms with Crippen molar-refractivity contribution < 1.29 is 0 Å². The van der Waals surface area contributed by atoms with Gasteiger partial charge in [0.05, 0.1) is 0 Å². The van der Waals surface area contributed by atoms with Gasteiger partial charge in [0.25, 0.3) is 0 Å². The Balaban J connectivity index is 2.09. The fourth-order valence-corrected chi connectivity index (χ4v) is 7.41. The van der Waals surface area contributed by atoms with Crippen molar-refractivity contribution >= 4 is 18.4 Å². The summed E-state index contributed by atoms with van der Waals surface area (Å²) < 4.78 is 1.94. The second-order valence-electron chi connectivity index (χ2n) is 5.85. The van der Waals surface area contributed by atoms with Crippen LogP contribution in [0.4, 0.5) is 0 Å². The monoisotopic (exact) mass is 286 g/mol. The topological polar surface area (TPSA) is 0 Å². The molecule has 1 heteroatoms. The third-order valence-electron chi connectivity index (χ3n) is 3.83. The molecule has 0 aromatic rings. The van der Waals surface area contributed by atoms with Gasteiger partial charge < -0.3 is 0 Å². The van der Waals surface area contributed by atoms with Crippen molar-refractivity contribution in [2.24, 2.45) is 11.8 Å². The molecule has 0 aliphatic heterocycles. The van der Waals surface area contributed by atoms with Crippen LogP contribution in [0.15, 0.2) is 9.67 Å². The SMILES string of the molecule is [CH3][Sn]([CH3])([CH3])[C]1=C[C@H]2CCCC[C@@H]2C1. The van der Waals surface area contributed by atoms with E-state index in [0.717, 1.165) is 11.8 Å². The van der Waals surface area contributed by atoms with E-state index in [-0.39, 0.29) is 0 Å². The summed E-state index contributed by atoms with van der Waals surface area (Å²) in [5.41, 5.74) is 0. The molecule has 0 heterocycles. The maximum absolute atomic E-state index is 2.69. The Labute approximate surface area is 86.7 Å². The van der Waals surface area contributed by atoms with Crippen molar-refractivity contribution in [1.82, 2.24) is 0 Å². The van der Waals surface area contributed by atoms with Crippen LogP contribution in [-0.4, -0.2) is 18.4 Å². The average Bonchev–Trinajstić information content (AvgIpc) is 2.45. The fraction of sp³-hybridized carbons (Fsp3) is 0.833. The van der Waals surface area contributed by atoms with Crippen molar-refractivity contribution in [3.8, 4) is 0 Å². The van der Waals surface area contributed by atoms with Gasteiger partial charge in [-0.15, -0.1) is 0 Å². The molecule has 0 unspecified atom stereocenters. The molecule has 0 radical (unpaired) electrons. The summed E-state index contributed by atoms with van der Waals surface area (Å²) in [5.74, 6) is 2.07. The number of allylic oxidation sites excluding steroid dienone is 2. The maximum atomic E-state index is 2.69. The van der Waals surface area contributed by atoms with Gasteiger partial charge in [0.15, 0.2) is 0 Å². The van der Waals surface area contributed by atoms with Gasteiger partial charge in [-0.05, 0) is 0 Å². The molecular weight excluding hydrogens is 263 g/mol. The number of hydrogen-bond acceptors (Lipinski definition) is 0. The van der Waals surface area contributed by atoms with Gasteiger partial charge in [-0.2, -0.15) is 0 Å². The molecule has 74 valence electrons. The van der Waals surface area contributed by atoms with E-state index in [1.54, 1.807) is 0 Å². The summed E-state index contributed by atoms with van der Waals surface area (Å²) in [6, 6.07) is 0. The molecule has 2 atom stereocenters. The molecule has 0 N–H and O–H groups in total. The van der Waals surface area contributed by atoms with Crippen molar-refractivity contribution in [2.45, 2.75) is 46.9 Å². The molecule has 0 nitrogen and oxygen atoms in total. The first-order chi connectivity index (χ1) is 6.07. The van der Waals surface area contributed by atoms with Crippen molar-refractivity contribution in [2.75, 3.05) is 0 Å². The Morgan fingerprint density at radius 3 is 2.46 bits per heavy atom. The minimum atomic E-state index is -1.66. The van der Waals surface area contributed by atoms with E-state index in [9.17, 15) is 0 Å². The van der Waals surface area contributed by atoms with E-state index in [1.807, 2.05) is 3.59 Å². The fourth-order valence-electron chi connectivity index (χ4n) is 2.87. The van der Waals surface area contributed by atoms with Crippen molar-refractivity contribution in [1.29, 1.82) is 0 Å². The van der Waals surface area contributed by atoms with Crippen LogP contribution in [0.2, 0.25) is 14.8 Å². The van der Waals surface area contributed by atoms with E-state index in [4.69, 9.17) is 0 Å². The van der Waals surface area contributed by atoms with Crippen LogP contribution >= 0.6 is 0 Å². The third-order valence-corrected chi connectivity index (χ3v) is 10.4. The van der Waals surface area contributed by atoms with Gasteiger partial charge in [0.2, 0.25) is 0 Å². The van der Waals surface area contributed by atoms with Crippen molar-refractivity contribution in [3.05, 3.63) is 9.67 Å². The predicted molar refractivity (Wildman–Crippen MR) is 61.5 cm³/mol. The Morgan fingerprint density at radius 1 is 1.15 bits per heavy atom. The normalized spacial score (nSPS) is 34.2. The summed E-state index contributed by atoms with van der Waals surface area (Å²) in [5, 5.41) is 0. The van der Waals surface area contributed by atoms with Crippen LogP contribution in [-0.2, 0) is 0 Å². The Morgan fingerprint density at radius 2 is 1.85 bits per heavy atom. The molecule has 13 heavy (non-hydrogen) atoms. The van der Waals surface area contributed by atoms with Gasteiger partial charge in [-0.25, -0.2) is 0 Å². The van der Waals surface area contributed by atoms with E-state index in [1.165, 1.54) is 32.1 Å². The van der Waals surface area contributed by atoms with Gasteiger partial charge in [0, 0.05) is 0 Å². The van der Waals surface area contributed by atoms with E-state index in [0.29, 0.717) is 0 Å². The molecule has 0 saturated heterocycles. The van der Waals surface area contributed by atoms with E-state index in [2.05, 4.69) is 20.9 Å². The summed E-state index contributed by atoms with van der Waals surface area (Å²) >= 11 is -1.66. The Kier molecular flexibility index (Phi) is 2.79. The van der Waals surface area contributed by atoms with E-state index < -0.39 is 18.4 Å². The number of fused-ring (bicyclic) bond motifs is 1. The zero-order chi connectivity index (χ0) is 9.47. The predicted octanol–water partition coefficient (Wildman–Crippen LogP) is 4.00. The van der Waals surface area contributed by atoms with E-state index >= 15 is 0 Å². The van der Waals surface area contributed by atoms with Gasteiger partial charge in [-0.3, -0.25) is 0 Å². The molecular formula is C12H22Sn. The molecule has 0 aromatic carbocycles. The molecule has 1 fully saturated rings. The summed E-state index contributed by atoms with van der Waals surface area (Å²) in [6.07, 6.45) is 10.2. The van der Waals surface area contributed by atoms with Crippen molar-refractivity contribution in [3.63, 3.8) is 0 Å². The van der Waals surface area contributed by atoms with Crippen LogP contribution in [0, 0.1) is 11.8 Å². The molecule has 1 saturated carbocycles. The summed E-state index contributed by atoms with van der Waals surface area (Å²) in [6.45, 7) is 0. The zero-order valence-electron chi connectivity index (χ0n) is 9.27.